The van der Waals surface area contributed by atoms with E-state index in [4.69, 9.17) is 4.74 Å². The van der Waals surface area contributed by atoms with E-state index >= 15 is 0 Å². The summed E-state index contributed by atoms with van der Waals surface area (Å²) in [5, 5.41) is 2.82. The first-order chi connectivity index (χ1) is 14.0. The predicted molar refractivity (Wildman–Crippen MR) is 113 cm³/mol. The molecule has 162 valence electrons. The van der Waals surface area contributed by atoms with Crippen LogP contribution >= 0.6 is 11.8 Å². The first-order valence-corrected chi connectivity index (χ1v) is 11.2. The number of carbonyl (C=O) groups is 4. The molecule has 0 aromatic heterocycles. The number of benzene rings is 1. The first-order valence-electron chi connectivity index (χ1n) is 10.0. The molecule has 2 aliphatic rings. The Labute approximate surface area is 180 Å². The molecular formula is C22H28N2O5S. The van der Waals surface area contributed by atoms with Gasteiger partial charge >= 0.3 is 12.0 Å². The van der Waals surface area contributed by atoms with Crippen molar-refractivity contribution in [2.75, 3.05) is 19.4 Å². The van der Waals surface area contributed by atoms with Crippen molar-refractivity contribution < 1.29 is 23.9 Å². The van der Waals surface area contributed by atoms with Crippen molar-refractivity contribution in [3.8, 4) is 0 Å². The summed E-state index contributed by atoms with van der Waals surface area (Å²) in [7, 11) is 0. The molecule has 1 saturated heterocycles. The van der Waals surface area contributed by atoms with Gasteiger partial charge in [0.2, 0.25) is 0 Å². The highest BCUT2D eigenvalue weighted by atomic mass is 32.2. The molecule has 1 heterocycles. The van der Waals surface area contributed by atoms with E-state index in [1.807, 2.05) is 18.4 Å². The molecule has 1 aromatic rings. The lowest BCUT2D eigenvalue weighted by molar-refractivity contribution is -0.147. The van der Waals surface area contributed by atoms with Crippen molar-refractivity contribution in [1.29, 1.82) is 0 Å². The smallest absolute Gasteiger partial charge is 0.326 e. The fourth-order valence-electron chi connectivity index (χ4n) is 4.83. The maximum Gasteiger partial charge on any atom is 0.326 e. The van der Waals surface area contributed by atoms with Gasteiger partial charge in [0.1, 0.15) is 12.1 Å². The number of imide groups is 1. The van der Waals surface area contributed by atoms with Crippen LogP contribution in [0, 0.1) is 11.3 Å². The third kappa shape index (κ3) is 4.69. The van der Waals surface area contributed by atoms with E-state index in [1.54, 1.807) is 23.9 Å². The molecule has 3 amide bonds. The minimum atomic E-state index is -0.965. The highest BCUT2D eigenvalue weighted by molar-refractivity contribution is 7.98. The molecule has 2 fully saturated rings. The Balaban J connectivity index is 1.59. The van der Waals surface area contributed by atoms with E-state index in [0.29, 0.717) is 18.4 Å². The van der Waals surface area contributed by atoms with Gasteiger partial charge in [0, 0.05) is 10.5 Å². The van der Waals surface area contributed by atoms with E-state index in [1.165, 1.54) is 0 Å². The second-order valence-corrected chi connectivity index (χ2v) is 9.95. The van der Waals surface area contributed by atoms with E-state index in [9.17, 15) is 19.2 Å². The third-order valence-corrected chi connectivity index (χ3v) is 6.43. The SMILES string of the molecule is CSc1ccc(C(=O)COC(=O)CN2C(=O)NC3(CC(C)CC(C)(C)C3)C2=O)cc1. The van der Waals surface area contributed by atoms with E-state index in [-0.39, 0.29) is 23.0 Å². The van der Waals surface area contributed by atoms with Crippen LogP contribution in [0.5, 0.6) is 0 Å². The lowest BCUT2D eigenvalue weighted by Crippen LogP contribution is -2.54. The number of hydrogen-bond donors (Lipinski definition) is 1. The number of urea groups is 1. The number of ether oxygens (including phenoxy) is 1. The predicted octanol–water partition coefficient (Wildman–Crippen LogP) is 3.27. The van der Waals surface area contributed by atoms with Crippen molar-refractivity contribution in [3.63, 3.8) is 0 Å². The topological polar surface area (TPSA) is 92.8 Å². The van der Waals surface area contributed by atoms with Crippen LogP contribution < -0.4 is 5.32 Å². The largest absolute Gasteiger partial charge is 0.456 e. The highest BCUT2D eigenvalue weighted by Gasteiger charge is 2.56. The maximum absolute atomic E-state index is 13.0. The summed E-state index contributed by atoms with van der Waals surface area (Å²) in [6.07, 6.45) is 4.00. The molecule has 8 heteroatoms. The van der Waals surface area contributed by atoms with Gasteiger partial charge in [-0.3, -0.25) is 19.3 Å². The molecule has 1 saturated carbocycles. The molecule has 7 nitrogen and oxygen atoms in total. The molecule has 0 bridgehead atoms. The van der Waals surface area contributed by atoms with E-state index in [2.05, 4.69) is 26.1 Å². The van der Waals surface area contributed by atoms with Crippen LogP contribution in [0.2, 0.25) is 0 Å². The number of nitrogens with zero attached hydrogens (tertiary/aromatic N) is 1. The van der Waals surface area contributed by atoms with Crippen molar-refractivity contribution in [3.05, 3.63) is 29.8 Å². The molecule has 1 N–H and O–H groups in total. The van der Waals surface area contributed by atoms with Crippen LogP contribution in [0.25, 0.3) is 0 Å². The Kier molecular flexibility index (Phi) is 6.26. The molecule has 1 spiro atoms. The van der Waals surface area contributed by atoms with Crippen LogP contribution in [0.1, 0.15) is 50.4 Å². The van der Waals surface area contributed by atoms with Gasteiger partial charge in [-0.05, 0) is 49.0 Å². The summed E-state index contributed by atoms with van der Waals surface area (Å²) in [6.45, 7) is 5.29. The lowest BCUT2D eigenvalue weighted by Gasteiger charge is -2.43. The van der Waals surface area contributed by atoms with Crippen LogP contribution in [0.15, 0.2) is 29.2 Å². The normalized spacial score (nSPS) is 25.3. The molecule has 2 unspecified atom stereocenters. The van der Waals surface area contributed by atoms with Crippen molar-refractivity contribution in [1.82, 2.24) is 10.2 Å². The standard InChI is InChI=1S/C22H28N2O5S/c1-14-9-21(2,3)13-22(10-14)19(27)24(20(28)23-22)11-18(26)29-12-17(25)15-5-7-16(30-4)8-6-15/h5-8,14H,9-13H2,1-4H3,(H,23,28). The molecule has 1 aromatic carbocycles. The average molecular weight is 433 g/mol. The molecule has 3 rings (SSSR count). The van der Waals surface area contributed by atoms with Gasteiger partial charge in [0.25, 0.3) is 5.91 Å². The molecule has 1 aliphatic carbocycles. The molecular weight excluding hydrogens is 404 g/mol. The Morgan fingerprint density at radius 3 is 2.47 bits per heavy atom. The zero-order valence-corrected chi connectivity index (χ0v) is 18.6. The van der Waals surface area contributed by atoms with Gasteiger partial charge < -0.3 is 10.1 Å². The van der Waals surface area contributed by atoms with Crippen molar-refractivity contribution in [2.24, 2.45) is 11.3 Å². The third-order valence-electron chi connectivity index (χ3n) is 5.69. The summed E-state index contributed by atoms with van der Waals surface area (Å²) < 4.78 is 5.04. The second kappa shape index (κ2) is 8.41. The number of ketones is 1. The molecule has 1 aliphatic heterocycles. The van der Waals surface area contributed by atoms with E-state index < -0.39 is 30.7 Å². The van der Waals surface area contributed by atoms with Gasteiger partial charge in [-0.15, -0.1) is 11.8 Å². The van der Waals surface area contributed by atoms with Gasteiger partial charge in [-0.2, -0.15) is 0 Å². The van der Waals surface area contributed by atoms with Crippen LogP contribution in [-0.4, -0.2) is 53.5 Å². The number of rotatable bonds is 6. The number of esters is 1. The number of carbonyl (C=O) groups excluding carboxylic acids is 4. The monoisotopic (exact) mass is 432 g/mol. The van der Waals surface area contributed by atoms with Gasteiger partial charge in [0.05, 0.1) is 0 Å². The van der Waals surface area contributed by atoms with Crippen LogP contribution in [0.4, 0.5) is 4.79 Å². The number of nitrogens with one attached hydrogen (secondary N) is 1. The van der Waals surface area contributed by atoms with Crippen molar-refractivity contribution in [2.45, 2.75) is 50.5 Å². The van der Waals surface area contributed by atoms with Gasteiger partial charge in [-0.25, -0.2) is 4.79 Å². The fourth-order valence-corrected chi connectivity index (χ4v) is 5.24. The minimum absolute atomic E-state index is 0.0879. The van der Waals surface area contributed by atoms with Gasteiger partial charge in [0.15, 0.2) is 12.4 Å². The second-order valence-electron chi connectivity index (χ2n) is 9.07. The van der Waals surface area contributed by atoms with Crippen LogP contribution in [-0.2, 0) is 14.3 Å². The van der Waals surface area contributed by atoms with E-state index in [0.717, 1.165) is 16.2 Å². The van der Waals surface area contributed by atoms with Crippen molar-refractivity contribution >= 4 is 35.5 Å². The Morgan fingerprint density at radius 1 is 1.20 bits per heavy atom. The zero-order valence-electron chi connectivity index (χ0n) is 17.8. The summed E-state index contributed by atoms with van der Waals surface area (Å²) in [6, 6.07) is 6.41. The highest BCUT2D eigenvalue weighted by Crippen LogP contribution is 2.46. The fraction of sp³-hybridized carbons (Fsp3) is 0.545. The quantitative estimate of drug-likeness (QED) is 0.321. The summed E-state index contributed by atoms with van der Waals surface area (Å²) in [5.74, 6) is -1.23. The van der Waals surface area contributed by atoms with Gasteiger partial charge in [-0.1, -0.05) is 32.9 Å². The number of Topliss-reactive ketones (excluding diaryl/α,β-unsaturated/α-hetero) is 1. The molecule has 0 radical (unpaired) electrons. The first kappa shape index (κ1) is 22.3. The minimum Gasteiger partial charge on any atom is -0.456 e. The summed E-state index contributed by atoms with van der Waals surface area (Å²) >= 11 is 1.56. The Hall–Kier alpha value is -2.35. The zero-order chi connectivity index (χ0) is 22.1. The van der Waals surface area contributed by atoms with Crippen LogP contribution in [0.3, 0.4) is 0 Å². The number of thioether (sulfide) groups is 1. The molecule has 2 atom stereocenters. The summed E-state index contributed by atoms with van der Waals surface area (Å²) in [5.41, 5.74) is -0.615. The number of amides is 3. The summed E-state index contributed by atoms with van der Waals surface area (Å²) in [4.78, 5) is 51.9. The number of hydrogen-bond acceptors (Lipinski definition) is 6. The maximum atomic E-state index is 13.0. The average Bonchev–Trinajstić information content (AvgIpc) is 2.87. The Bertz CT molecular complexity index is 867. The Morgan fingerprint density at radius 2 is 1.87 bits per heavy atom. The molecule has 30 heavy (non-hydrogen) atoms. The lowest BCUT2D eigenvalue weighted by atomic mass is 9.64.